The maximum absolute atomic E-state index is 14.8. The molecule has 3 aromatic rings. The molecule has 0 radical (unpaired) electrons. The van der Waals surface area contributed by atoms with Crippen LogP contribution in [-0.4, -0.2) is 59.9 Å². The fourth-order valence-electron chi connectivity index (χ4n) is 5.45. The number of benzene rings is 3. The van der Waals surface area contributed by atoms with Crippen LogP contribution in [-0.2, 0) is 29.0 Å². The molecule has 0 spiro atoms. The smallest absolute Gasteiger partial charge is 0.251 e. The van der Waals surface area contributed by atoms with E-state index in [0.29, 0.717) is 58.4 Å². The summed E-state index contributed by atoms with van der Waals surface area (Å²) in [6.07, 6.45) is 2.40. The van der Waals surface area contributed by atoms with Gasteiger partial charge in [0.2, 0.25) is 11.8 Å². The molecule has 222 valence electrons. The quantitative estimate of drug-likeness (QED) is 0.343. The molecule has 0 unspecified atom stereocenters. The number of phenols is 1. The summed E-state index contributed by atoms with van der Waals surface area (Å²) in [5.74, 6) is -1.13. The summed E-state index contributed by atoms with van der Waals surface area (Å²) in [5.41, 5.74) is 3.84. The van der Waals surface area contributed by atoms with Crippen molar-refractivity contribution in [3.05, 3.63) is 88.7 Å². The van der Waals surface area contributed by atoms with Crippen LogP contribution in [0.1, 0.15) is 46.3 Å². The zero-order valence-corrected chi connectivity index (χ0v) is 24.1. The third-order valence-electron chi connectivity index (χ3n) is 7.73. The van der Waals surface area contributed by atoms with Crippen LogP contribution < -0.4 is 16.0 Å². The van der Waals surface area contributed by atoms with Gasteiger partial charge in [0, 0.05) is 55.8 Å². The molecule has 0 aromatic heterocycles. The molecule has 4 N–H and O–H groups in total. The predicted molar refractivity (Wildman–Crippen MR) is 161 cm³/mol. The summed E-state index contributed by atoms with van der Waals surface area (Å²) in [6, 6.07) is 16.7. The van der Waals surface area contributed by atoms with Crippen LogP contribution in [0.15, 0.2) is 60.7 Å². The molecule has 2 aliphatic heterocycles. The number of amides is 3. The van der Waals surface area contributed by atoms with Crippen LogP contribution in [0.25, 0.3) is 11.1 Å². The molecule has 10 heteroatoms. The van der Waals surface area contributed by atoms with E-state index in [2.05, 4.69) is 28.1 Å². The third-order valence-corrected chi connectivity index (χ3v) is 7.73. The zero-order chi connectivity index (χ0) is 28.8. The summed E-state index contributed by atoms with van der Waals surface area (Å²) >= 11 is 0. The minimum Gasteiger partial charge on any atom is -0.507 e. The maximum Gasteiger partial charge on any atom is 0.251 e. The summed E-state index contributed by atoms with van der Waals surface area (Å²) in [7, 11) is 0. The minimum atomic E-state index is -0.554. The number of rotatable bonds is 1. The number of nitrogens with zero attached hydrogens (tertiary/aromatic N) is 1. The summed E-state index contributed by atoms with van der Waals surface area (Å²) < 4.78 is 14.8. The first-order valence-corrected chi connectivity index (χ1v) is 14.1. The Morgan fingerprint density at radius 1 is 0.881 bits per heavy atom. The first-order valence-electron chi connectivity index (χ1n) is 14.1. The molecule has 3 aromatic carbocycles. The van der Waals surface area contributed by atoms with Gasteiger partial charge in [-0.1, -0.05) is 30.3 Å². The topological polar surface area (TPSA) is 111 Å². The first kappa shape index (κ1) is 31.0. The van der Waals surface area contributed by atoms with Crippen molar-refractivity contribution in [3.63, 3.8) is 0 Å². The van der Waals surface area contributed by atoms with Crippen LogP contribution in [0.2, 0.25) is 0 Å². The van der Waals surface area contributed by atoms with Crippen molar-refractivity contribution in [2.24, 2.45) is 0 Å². The third kappa shape index (κ3) is 7.46. The van der Waals surface area contributed by atoms with E-state index in [1.165, 1.54) is 29.8 Å². The minimum absolute atomic E-state index is 0. The van der Waals surface area contributed by atoms with E-state index >= 15 is 0 Å². The lowest BCUT2D eigenvalue weighted by molar-refractivity contribution is -0.134. The van der Waals surface area contributed by atoms with Crippen LogP contribution in [0.3, 0.4) is 0 Å². The number of halogens is 2. The highest BCUT2D eigenvalue weighted by molar-refractivity contribution is 5.95. The van der Waals surface area contributed by atoms with Crippen LogP contribution in [0.5, 0.6) is 5.75 Å². The standard InChI is InChI=1S/C32H35FN4O4.ClH/c33-27-10-9-23-18-25(27)26-17-21(8-11-29(26)38)12-14-34-30(39)7-3-15-37(16-4-13-35-31(23)40)32(41)28-19-22-5-1-2-6-24(22)20-36-28;/h1-2,5-6,8-11,17-18,28,36,38H,3-4,7,12-16,19-20H2,(H,34,39)(H,35,40);1H/t28-;/m1./s1. The first-order chi connectivity index (χ1) is 19.9. The molecule has 8 nitrogen and oxygen atoms in total. The van der Waals surface area contributed by atoms with E-state index in [9.17, 15) is 23.9 Å². The van der Waals surface area contributed by atoms with E-state index in [1.54, 1.807) is 17.0 Å². The second-order valence-electron chi connectivity index (χ2n) is 10.6. The van der Waals surface area contributed by atoms with Crippen LogP contribution in [0, 0.1) is 5.82 Å². The highest BCUT2D eigenvalue weighted by Crippen LogP contribution is 2.33. The molecule has 42 heavy (non-hydrogen) atoms. The Hall–Kier alpha value is -3.95. The average Bonchev–Trinajstić information content (AvgIpc) is 2.98. The number of phenolic OH excluding ortho intramolecular Hbond substituents is 1. The highest BCUT2D eigenvalue weighted by Gasteiger charge is 2.28. The monoisotopic (exact) mass is 594 g/mol. The van der Waals surface area contributed by atoms with E-state index in [1.807, 2.05) is 12.1 Å². The normalized spacial score (nSPS) is 18.2. The van der Waals surface area contributed by atoms with E-state index in [4.69, 9.17) is 0 Å². The van der Waals surface area contributed by atoms with Crippen molar-refractivity contribution >= 4 is 30.1 Å². The molecule has 1 atom stereocenters. The van der Waals surface area contributed by atoms with Gasteiger partial charge in [-0.3, -0.25) is 14.4 Å². The molecule has 4 bridgehead atoms. The van der Waals surface area contributed by atoms with Gasteiger partial charge in [0.25, 0.3) is 5.91 Å². The van der Waals surface area contributed by atoms with E-state index in [-0.39, 0.29) is 65.0 Å². The fourth-order valence-corrected chi connectivity index (χ4v) is 5.45. The Morgan fingerprint density at radius 2 is 1.67 bits per heavy atom. The Morgan fingerprint density at radius 3 is 2.50 bits per heavy atom. The molecule has 0 aliphatic carbocycles. The molecule has 2 aliphatic rings. The van der Waals surface area contributed by atoms with Crippen molar-refractivity contribution in [1.82, 2.24) is 20.9 Å². The molecular formula is C32H36ClFN4O4. The molecule has 0 saturated heterocycles. The Labute approximate surface area is 251 Å². The summed E-state index contributed by atoms with van der Waals surface area (Å²) in [6.45, 7) is 2.18. The largest absolute Gasteiger partial charge is 0.507 e. The van der Waals surface area contributed by atoms with Crippen LogP contribution in [0.4, 0.5) is 4.39 Å². The average molecular weight is 595 g/mol. The van der Waals surface area contributed by atoms with Crippen molar-refractivity contribution in [1.29, 1.82) is 0 Å². The van der Waals surface area contributed by atoms with Crippen molar-refractivity contribution in [3.8, 4) is 16.9 Å². The second-order valence-corrected chi connectivity index (χ2v) is 10.6. The Kier molecular flexibility index (Phi) is 10.5. The van der Waals surface area contributed by atoms with Gasteiger partial charge >= 0.3 is 0 Å². The second kappa shape index (κ2) is 14.3. The van der Waals surface area contributed by atoms with Crippen molar-refractivity contribution in [2.75, 3.05) is 26.2 Å². The highest BCUT2D eigenvalue weighted by atomic mass is 35.5. The van der Waals surface area contributed by atoms with Gasteiger partial charge in [0.15, 0.2) is 0 Å². The van der Waals surface area contributed by atoms with Gasteiger partial charge in [-0.15, -0.1) is 12.4 Å². The van der Waals surface area contributed by atoms with Gasteiger partial charge in [0.1, 0.15) is 11.6 Å². The van der Waals surface area contributed by atoms with E-state index < -0.39 is 5.82 Å². The Balaban J connectivity index is 0.00000405. The lowest BCUT2D eigenvalue weighted by atomic mass is 9.95. The van der Waals surface area contributed by atoms with Crippen molar-refractivity contribution < 1.29 is 23.9 Å². The summed E-state index contributed by atoms with van der Waals surface area (Å²) in [5, 5.41) is 19.6. The summed E-state index contributed by atoms with van der Waals surface area (Å²) in [4.78, 5) is 40.8. The molecule has 3 amide bonds. The molecular weight excluding hydrogens is 559 g/mol. The lowest BCUT2D eigenvalue weighted by Gasteiger charge is -2.31. The van der Waals surface area contributed by atoms with Gasteiger partial charge in [-0.05, 0) is 72.7 Å². The lowest BCUT2D eigenvalue weighted by Crippen LogP contribution is -2.50. The number of fused-ring (bicyclic) bond motifs is 6. The zero-order valence-electron chi connectivity index (χ0n) is 23.3. The number of carbonyl (C=O) groups excluding carboxylic acids is 3. The van der Waals surface area contributed by atoms with Gasteiger partial charge < -0.3 is 26.0 Å². The number of carbonyl (C=O) groups is 3. The number of aromatic hydroxyl groups is 1. The number of nitrogens with one attached hydrogen (secondary N) is 3. The predicted octanol–water partition coefficient (Wildman–Crippen LogP) is 3.74. The van der Waals surface area contributed by atoms with Gasteiger partial charge in [-0.25, -0.2) is 4.39 Å². The van der Waals surface area contributed by atoms with E-state index in [0.717, 1.165) is 11.1 Å². The molecule has 0 fully saturated rings. The maximum atomic E-state index is 14.8. The number of hydrogen-bond acceptors (Lipinski definition) is 5. The molecule has 2 heterocycles. The van der Waals surface area contributed by atoms with Crippen molar-refractivity contribution in [2.45, 2.75) is 44.7 Å². The van der Waals surface area contributed by atoms with Gasteiger partial charge in [0.05, 0.1) is 6.04 Å². The Bertz CT molecular complexity index is 1450. The van der Waals surface area contributed by atoms with Gasteiger partial charge in [-0.2, -0.15) is 0 Å². The number of hydrogen-bond donors (Lipinski definition) is 4. The SMILES string of the molecule is Cl.O=C1CCCN(C(=O)[C@H]2Cc3ccccc3CN2)CCCNC(=O)c2ccc(F)c(c2)-c2cc(ccc2O)CCN1. The molecule has 5 rings (SSSR count). The fraction of sp³-hybridized carbons (Fsp3) is 0.344. The molecule has 0 saturated carbocycles. The van der Waals surface area contributed by atoms with Crippen LogP contribution >= 0.6 is 12.4 Å².